The quantitative estimate of drug-likeness (QED) is 0.677. The predicted molar refractivity (Wildman–Crippen MR) is 111 cm³/mol. The van der Waals surface area contributed by atoms with Crippen LogP contribution >= 0.6 is 0 Å². The zero-order valence-corrected chi connectivity index (χ0v) is 16.0. The Balaban J connectivity index is 1.99. The smallest absolute Gasteiger partial charge is 0.253 e. The summed E-state index contributed by atoms with van der Waals surface area (Å²) < 4.78 is 5.93. The highest BCUT2D eigenvalue weighted by Gasteiger charge is 2.34. The van der Waals surface area contributed by atoms with Gasteiger partial charge in [0.05, 0.1) is 6.61 Å². The summed E-state index contributed by atoms with van der Waals surface area (Å²) in [5.41, 5.74) is 6.84. The fraction of sp³-hybridized carbons (Fsp3) is 0.174. The van der Waals surface area contributed by atoms with Gasteiger partial charge in [-0.25, -0.2) is 0 Å². The topological polar surface area (TPSA) is 75.8 Å². The lowest BCUT2D eigenvalue weighted by molar-refractivity contribution is -0.123. The van der Waals surface area contributed by atoms with Crippen molar-refractivity contribution in [2.75, 3.05) is 11.5 Å². The molecule has 5 nitrogen and oxygen atoms in total. The van der Waals surface area contributed by atoms with Crippen molar-refractivity contribution in [3.63, 3.8) is 0 Å². The molecule has 0 radical (unpaired) electrons. The first kappa shape index (κ1) is 19.6. The Hall–Kier alpha value is -3.15. The number of nitrogens with two attached hydrogens (primary N) is 1. The first-order valence-corrected chi connectivity index (χ1v) is 9.05. The molecule has 3 N–H and O–H groups in total. The second-order valence-corrected chi connectivity index (χ2v) is 6.92. The number of hydrogen-bond donors (Lipinski definition) is 2. The van der Waals surface area contributed by atoms with E-state index >= 15 is 0 Å². The van der Waals surface area contributed by atoms with Crippen LogP contribution in [0.2, 0.25) is 0 Å². The Kier molecular flexibility index (Phi) is 5.78. The van der Waals surface area contributed by atoms with Gasteiger partial charge in [0.1, 0.15) is 17.0 Å². The number of nitrogens with zero attached hydrogens (tertiary/aromatic N) is 1. The molecule has 3 rings (SSSR count). The van der Waals surface area contributed by atoms with Crippen LogP contribution in [0.1, 0.15) is 12.5 Å². The Labute approximate surface area is 165 Å². The Morgan fingerprint density at radius 3 is 2.18 bits per heavy atom. The van der Waals surface area contributed by atoms with E-state index in [0.29, 0.717) is 17.1 Å². The minimum Gasteiger partial charge on any atom is -0.457 e. The van der Waals surface area contributed by atoms with Crippen LogP contribution in [0, 0.1) is 6.92 Å². The Morgan fingerprint density at radius 1 is 1.00 bits per heavy atom. The second-order valence-electron chi connectivity index (χ2n) is 6.92. The van der Waals surface area contributed by atoms with Gasteiger partial charge in [-0.15, -0.1) is 0 Å². The number of rotatable bonds is 6. The van der Waals surface area contributed by atoms with Gasteiger partial charge in [0.25, 0.3) is 5.91 Å². The largest absolute Gasteiger partial charge is 0.457 e. The van der Waals surface area contributed by atoms with Crippen molar-refractivity contribution >= 4 is 17.3 Å². The van der Waals surface area contributed by atoms with E-state index < -0.39 is 18.1 Å². The molecule has 0 heterocycles. The van der Waals surface area contributed by atoms with Crippen LogP contribution in [0.4, 0.5) is 11.4 Å². The molecule has 0 fully saturated rings. The molecule has 0 aliphatic rings. The van der Waals surface area contributed by atoms with E-state index in [0.717, 1.165) is 11.3 Å². The van der Waals surface area contributed by atoms with Crippen molar-refractivity contribution in [1.29, 1.82) is 0 Å². The van der Waals surface area contributed by atoms with E-state index in [2.05, 4.69) is 0 Å². The molecule has 1 amide bonds. The number of carbonyl (C=O) groups excluding carboxylic acids is 1. The van der Waals surface area contributed by atoms with Crippen molar-refractivity contribution < 1.29 is 14.6 Å². The average Bonchev–Trinajstić information content (AvgIpc) is 2.71. The SMILES string of the molecule is Cc1cc(N(C(=O)C(C)(N)CO)c2ccccc2)ccc1Oc1ccccc1. The molecule has 3 aromatic carbocycles. The van der Waals surface area contributed by atoms with Crippen molar-refractivity contribution in [3.8, 4) is 11.5 Å². The van der Waals surface area contributed by atoms with Crippen LogP contribution in [0.25, 0.3) is 0 Å². The summed E-state index contributed by atoms with van der Waals surface area (Å²) >= 11 is 0. The summed E-state index contributed by atoms with van der Waals surface area (Å²) in [4.78, 5) is 14.6. The van der Waals surface area contributed by atoms with Gasteiger partial charge in [-0.1, -0.05) is 36.4 Å². The number of hydrogen-bond acceptors (Lipinski definition) is 4. The standard InChI is InChI=1S/C23H24N2O3/c1-17-15-19(13-14-21(17)28-20-11-7-4-8-12-20)25(18-9-5-3-6-10-18)22(27)23(2,24)16-26/h3-15,26H,16,24H2,1-2H3. The van der Waals surface area contributed by atoms with Gasteiger partial charge in [-0.2, -0.15) is 0 Å². The summed E-state index contributed by atoms with van der Waals surface area (Å²) in [6, 6.07) is 24.3. The Morgan fingerprint density at radius 2 is 1.61 bits per heavy atom. The zero-order chi connectivity index (χ0) is 20.1. The lowest BCUT2D eigenvalue weighted by Crippen LogP contribution is -2.54. The van der Waals surface area contributed by atoms with Gasteiger partial charge in [0.2, 0.25) is 0 Å². The lowest BCUT2D eigenvalue weighted by Gasteiger charge is -2.31. The van der Waals surface area contributed by atoms with Crippen molar-refractivity contribution in [1.82, 2.24) is 0 Å². The summed E-state index contributed by atoms with van der Waals surface area (Å²) in [6.07, 6.45) is 0. The van der Waals surface area contributed by atoms with Crippen LogP contribution < -0.4 is 15.4 Å². The highest BCUT2D eigenvalue weighted by atomic mass is 16.5. The molecule has 3 aromatic rings. The maximum absolute atomic E-state index is 13.1. The van der Waals surface area contributed by atoms with Crippen LogP contribution in [0.5, 0.6) is 11.5 Å². The van der Waals surface area contributed by atoms with Crippen molar-refractivity contribution in [2.24, 2.45) is 5.73 Å². The molecule has 0 saturated carbocycles. The highest BCUT2D eigenvalue weighted by Crippen LogP contribution is 2.33. The molecular weight excluding hydrogens is 352 g/mol. The molecule has 144 valence electrons. The van der Waals surface area contributed by atoms with Gasteiger partial charge in [-0.3, -0.25) is 9.69 Å². The van der Waals surface area contributed by atoms with E-state index in [9.17, 15) is 9.90 Å². The minimum absolute atomic E-state index is 0.391. The molecule has 0 bridgehead atoms. The Bertz CT molecular complexity index is 941. The third kappa shape index (κ3) is 4.22. The molecule has 0 saturated heterocycles. The molecule has 5 heteroatoms. The lowest BCUT2D eigenvalue weighted by atomic mass is 10.0. The molecule has 1 atom stereocenters. The molecule has 0 spiro atoms. The van der Waals surface area contributed by atoms with Crippen LogP contribution in [0.3, 0.4) is 0 Å². The van der Waals surface area contributed by atoms with E-state index in [4.69, 9.17) is 10.5 Å². The van der Waals surface area contributed by atoms with E-state index in [1.54, 1.807) is 0 Å². The number of amides is 1. The number of ether oxygens (including phenoxy) is 1. The maximum Gasteiger partial charge on any atom is 0.253 e. The molecule has 0 aliphatic heterocycles. The van der Waals surface area contributed by atoms with Gasteiger partial charge in [-0.05, 0) is 61.9 Å². The summed E-state index contributed by atoms with van der Waals surface area (Å²) in [5.74, 6) is 1.05. The van der Waals surface area contributed by atoms with E-state index in [1.165, 1.54) is 11.8 Å². The second kappa shape index (κ2) is 8.25. The number of carbonyl (C=O) groups is 1. The maximum atomic E-state index is 13.1. The average molecular weight is 376 g/mol. The summed E-state index contributed by atoms with van der Waals surface area (Å²) in [5, 5.41) is 9.58. The van der Waals surface area contributed by atoms with Gasteiger partial charge >= 0.3 is 0 Å². The molecule has 28 heavy (non-hydrogen) atoms. The number of benzene rings is 3. The molecule has 1 unspecified atom stereocenters. The fourth-order valence-corrected chi connectivity index (χ4v) is 2.79. The predicted octanol–water partition coefficient (Wildman–Crippen LogP) is 4.16. The van der Waals surface area contributed by atoms with Gasteiger partial charge in [0.15, 0.2) is 0 Å². The van der Waals surface area contributed by atoms with Crippen molar-refractivity contribution in [3.05, 3.63) is 84.4 Å². The fourth-order valence-electron chi connectivity index (χ4n) is 2.79. The first-order valence-electron chi connectivity index (χ1n) is 9.05. The van der Waals surface area contributed by atoms with Crippen molar-refractivity contribution in [2.45, 2.75) is 19.4 Å². The monoisotopic (exact) mass is 376 g/mol. The zero-order valence-electron chi connectivity index (χ0n) is 16.0. The summed E-state index contributed by atoms with van der Waals surface area (Å²) in [6.45, 7) is 2.98. The van der Waals surface area contributed by atoms with Crippen LogP contribution in [0.15, 0.2) is 78.9 Å². The number of aryl methyl sites for hydroxylation is 1. The van der Waals surface area contributed by atoms with Crippen LogP contribution in [-0.2, 0) is 4.79 Å². The van der Waals surface area contributed by atoms with Gasteiger partial charge < -0.3 is 15.6 Å². The van der Waals surface area contributed by atoms with E-state index in [1.807, 2.05) is 85.8 Å². The number of anilines is 2. The van der Waals surface area contributed by atoms with Crippen LogP contribution in [-0.4, -0.2) is 23.2 Å². The molecule has 0 aliphatic carbocycles. The molecular formula is C23H24N2O3. The van der Waals surface area contributed by atoms with E-state index in [-0.39, 0.29) is 0 Å². The summed E-state index contributed by atoms with van der Waals surface area (Å²) in [7, 11) is 0. The number of aliphatic hydroxyl groups is 1. The number of para-hydroxylation sites is 2. The normalized spacial score (nSPS) is 12.9. The molecule has 0 aromatic heterocycles. The third-order valence-corrected chi connectivity index (χ3v) is 4.42. The van der Waals surface area contributed by atoms with Gasteiger partial charge in [0, 0.05) is 11.4 Å². The highest BCUT2D eigenvalue weighted by molar-refractivity contribution is 6.05. The third-order valence-electron chi connectivity index (χ3n) is 4.42. The number of aliphatic hydroxyl groups excluding tert-OH is 1. The minimum atomic E-state index is -1.40. The first-order chi connectivity index (χ1) is 13.4.